The Bertz CT molecular complexity index is 1100. The first-order valence-electron chi connectivity index (χ1n) is 8.45. The third-order valence-corrected chi connectivity index (χ3v) is 4.18. The number of nitrogens with zero attached hydrogens (tertiary/aromatic N) is 3. The number of aromatic carboxylic acids is 1. The largest absolute Gasteiger partial charge is 0.478 e. The summed E-state index contributed by atoms with van der Waals surface area (Å²) in [6.45, 7) is 0.579. The van der Waals surface area contributed by atoms with Gasteiger partial charge in [-0.3, -0.25) is 0 Å². The molecule has 0 saturated carbocycles. The normalized spacial score (nSPS) is 10.7. The molecule has 0 radical (unpaired) electrons. The summed E-state index contributed by atoms with van der Waals surface area (Å²) in [5.41, 5.74) is 4.58. The molecule has 6 nitrogen and oxygen atoms in total. The molecule has 132 valence electrons. The number of aromatic nitrogens is 3. The highest BCUT2D eigenvalue weighted by Gasteiger charge is 2.06. The van der Waals surface area contributed by atoms with Crippen LogP contribution in [0.4, 0.5) is 5.69 Å². The minimum absolute atomic E-state index is 0.278. The fourth-order valence-corrected chi connectivity index (χ4v) is 2.72. The Hall–Kier alpha value is -3.80. The van der Waals surface area contributed by atoms with Crippen LogP contribution in [0, 0.1) is 0 Å². The Morgan fingerprint density at radius 1 is 0.889 bits per heavy atom. The summed E-state index contributed by atoms with van der Waals surface area (Å²) >= 11 is 0. The zero-order chi connectivity index (χ0) is 18.6. The van der Waals surface area contributed by atoms with Gasteiger partial charge in [-0.1, -0.05) is 42.5 Å². The molecule has 0 unspecified atom stereocenters. The van der Waals surface area contributed by atoms with E-state index in [1.165, 1.54) is 0 Å². The molecular weight excluding hydrogens is 340 g/mol. The summed E-state index contributed by atoms with van der Waals surface area (Å²) in [6.07, 6.45) is 0. The van der Waals surface area contributed by atoms with Gasteiger partial charge in [-0.05, 0) is 35.9 Å². The van der Waals surface area contributed by atoms with E-state index in [4.69, 9.17) is 5.11 Å². The summed E-state index contributed by atoms with van der Waals surface area (Å²) < 4.78 is 0. The first-order valence-corrected chi connectivity index (χ1v) is 8.45. The van der Waals surface area contributed by atoms with Crippen molar-refractivity contribution in [2.45, 2.75) is 6.54 Å². The Kier molecular flexibility index (Phi) is 4.45. The van der Waals surface area contributed by atoms with Crippen molar-refractivity contribution >= 4 is 22.7 Å². The van der Waals surface area contributed by atoms with Crippen LogP contribution in [0.15, 0.2) is 72.8 Å². The van der Waals surface area contributed by atoms with E-state index in [1.54, 1.807) is 24.3 Å². The lowest BCUT2D eigenvalue weighted by molar-refractivity contribution is 0.0697. The maximum atomic E-state index is 10.9. The molecule has 0 fully saturated rings. The number of anilines is 1. The zero-order valence-corrected chi connectivity index (χ0v) is 14.3. The highest BCUT2D eigenvalue weighted by Crippen LogP contribution is 2.20. The minimum Gasteiger partial charge on any atom is -0.478 e. The number of carbonyl (C=O) groups is 1. The van der Waals surface area contributed by atoms with E-state index in [1.807, 2.05) is 48.5 Å². The van der Waals surface area contributed by atoms with Crippen molar-refractivity contribution in [3.05, 3.63) is 83.9 Å². The number of hydrogen-bond donors (Lipinski definition) is 2. The van der Waals surface area contributed by atoms with Gasteiger partial charge in [0.1, 0.15) is 5.52 Å². The van der Waals surface area contributed by atoms with Gasteiger partial charge in [-0.25, -0.2) is 9.78 Å². The number of fused-ring (bicyclic) bond motifs is 1. The molecule has 0 aliphatic carbocycles. The second-order valence-electron chi connectivity index (χ2n) is 6.06. The summed E-state index contributed by atoms with van der Waals surface area (Å²) in [5.74, 6) is -0.338. The van der Waals surface area contributed by atoms with E-state index in [9.17, 15) is 4.79 Å². The average Bonchev–Trinajstić information content (AvgIpc) is 2.72. The Labute approximate surface area is 155 Å². The molecule has 1 aromatic heterocycles. The molecule has 4 rings (SSSR count). The molecule has 0 bridgehead atoms. The molecule has 0 atom stereocenters. The molecule has 0 amide bonds. The van der Waals surface area contributed by atoms with E-state index in [-0.39, 0.29) is 5.56 Å². The third-order valence-electron chi connectivity index (χ3n) is 4.18. The molecule has 0 aliphatic heterocycles. The quantitative estimate of drug-likeness (QED) is 0.562. The van der Waals surface area contributed by atoms with Gasteiger partial charge in [0.25, 0.3) is 0 Å². The molecular formula is C21H16N4O2. The predicted octanol–water partition coefficient (Wildman–Crippen LogP) is 4.00. The standard InChI is InChI=1S/C21H16N4O2/c26-21(27)16-8-6-14(7-9-16)13-22-17-10-11-18-19(12-17)23-20(25-24-18)15-4-2-1-3-5-15/h1-12,22H,13H2,(H,26,27). The van der Waals surface area contributed by atoms with Crippen LogP contribution in [0.25, 0.3) is 22.4 Å². The van der Waals surface area contributed by atoms with Crippen molar-refractivity contribution in [1.82, 2.24) is 15.2 Å². The monoisotopic (exact) mass is 356 g/mol. The second-order valence-corrected chi connectivity index (χ2v) is 6.06. The molecule has 0 aliphatic rings. The van der Waals surface area contributed by atoms with Crippen molar-refractivity contribution in [2.75, 3.05) is 5.32 Å². The molecule has 4 aromatic rings. The number of rotatable bonds is 5. The Morgan fingerprint density at radius 2 is 1.67 bits per heavy atom. The summed E-state index contributed by atoms with van der Waals surface area (Å²) in [4.78, 5) is 15.5. The Morgan fingerprint density at radius 3 is 2.41 bits per heavy atom. The highest BCUT2D eigenvalue weighted by molar-refractivity contribution is 5.87. The SMILES string of the molecule is O=C(O)c1ccc(CNc2ccc3nnc(-c4ccccc4)nc3c2)cc1. The average molecular weight is 356 g/mol. The summed E-state index contributed by atoms with van der Waals surface area (Å²) in [6, 6.07) is 22.3. The molecule has 6 heteroatoms. The second kappa shape index (κ2) is 7.21. The van der Waals surface area contributed by atoms with Crippen molar-refractivity contribution in [2.24, 2.45) is 0 Å². The van der Waals surface area contributed by atoms with E-state index in [2.05, 4.69) is 20.5 Å². The highest BCUT2D eigenvalue weighted by atomic mass is 16.4. The van der Waals surface area contributed by atoms with Crippen molar-refractivity contribution < 1.29 is 9.90 Å². The first-order chi connectivity index (χ1) is 13.2. The van der Waals surface area contributed by atoms with Gasteiger partial charge < -0.3 is 10.4 Å². The van der Waals surface area contributed by atoms with Gasteiger partial charge >= 0.3 is 5.97 Å². The number of benzene rings is 3. The fraction of sp³-hybridized carbons (Fsp3) is 0.0476. The van der Waals surface area contributed by atoms with Crippen LogP contribution >= 0.6 is 0 Å². The number of carboxylic acid groups (broad SMARTS) is 1. The molecule has 1 heterocycles. The maximum Gasteiger partial charge on any atom is 0.335 e. The first kappa shape index (κ1) is 16.7. The van der Waals surface area contributed by atoms with E-state index in [0.717, 1.165) is 27.8 Å². The maximum absolute atomic E-state index is 10.9. The van der Waals surface area contributed by atoms with Crippen LogP contribution in [0.5, 0.6) is 0 Å². The Balaban J connectivity index is 1.54. The van der Waals surface area contributed by atoms with Crippen molar-refractivity contribution in [3.63, 3.8) is 0 Å². The van der Waals surface area contributed by atoms with Crippen LogP contribution < -0.4 is 5.32 Å². The minimum atomic E-state index is -0.926. The lowest BCUT2D eigenvalue weighted by Crippen LogP contribution is -2.02. The smallest absolute Gasteiger partial charge is 0.335 e. The van der Waals surface area contributed by atoms with Gasteiger partial charge in [0.2, 0.25) is 0 Å². The summed E-state index contributed by atoms with van der Waals surface area (Å²) in [7, 11) is 0. The third kappa shape index (κ3) is 3.74. The van der Waals surface area contributed by atoms with E-state index in [0.29, 0.717) is 12.4 Å². The number of carboxylic acids is 1. The predicted molar refractivity (Wildman–Crippen MR) is 103 cm³/mol. The lowest BCUT2D eigenvalue weighted by atomic mass is 10.1. The van der Waals surface area contributed by atoms with Crippen LogP contribution in [0.2, 0.25) is 0 Å². The molecule has 0 spiro atoms. The van der Waals surface area contributed by atoms with E-state index >= 15 is 0 Å². The molecule has 3 aromatic carbocycles. The zero-order valence-electron chi connectivity index (χ0n) is 14.3. The van der Waals surface area contributed by atoms with Crippen molar-refractivity contribution in [1.29, 1.82) is 0 Å². The number of hydrogen-bond acceptors (Lipinski definition) is 5. The van der Waals surface area contributed by atoms with Crippen LogP contribution in [-0.2, 0) is 6.54 Å². The van der Waals surface area contributed by atoms with Crippen molar-refractivity contribution in [3.8, 4) is 11.4 Å². The molecule has 0 saturated heterocycles. The van der Waals surface area contributed by atoms with Gasteiger partial charge in [-0.2, -0.15) is 0 Å². The molecule has 2 N–H and O–H groups in total. The van der Waals surface area contributed by atoms with Gasteiger partial charge in [0, 0.05) is 17.8 Å². The van der Waals surface area contributed by atoms with E-state index < -0.39 is 5.97 Å². The van der Waals surface area contributed by atoms with Crippen LogP contribution in [-0.4, -0.2) is 26.3 Å². The fourth-order valence-electron chi connectivity index (χ4n) is 2.72. The lowest BCUT2D eigenvalue weighted by Gasteiger charge is -2.08. The van der Waals surface area contributed by atoms with Crippen LogP contribution in [0.3, 0.4) is 0 Å². The topological polar surface area (TPSA) is 88.0 Å². The summed E-state index contributed by atoms with van der Waals surface area (Å²) in [5, 5.41) is 20.7. The van der Waals surface area contributed by atoms with Gasteiger partial charge in [0.15, 0.2) is 5.82 Å². The van der Waals surface area contributed by atoms with Crippen LogP contribution in [0.1, 0.15) is 15.9 Å². The number of nitrogens with one attached hydrogen (secondary N) is 1. The van der Waals surface area contributed by atoms with Gasteiger partial charge in [-0.15, -0.1) is 10.2 Å². The molecule has 27 heavy (non-hydrogen) atoms. The van der Waals surface area contributed by atoms with Gasteiger partial charge in [0.05, 0.1) is 11.1 Å².